The van der Waals surface area contributed by atoms with Crippen LogP contribution < -0.4 is 60.2 Å². The third-order valence-corrected chi connectivity index (χ3v) is 11.3. The number of rotatable bonds is 31. The Bertz CT molecular complexity index is 2010. The molecule has 0 saturated carbocycles. The van der Waals surface area contributed by atoms with Gasteiger partial charge in [0.25, 0.3) is 0 Å². The first-order valence-corrected chi connectivity index (χ1v) is 23.4. The number of hydrogen-bond acceptors (Lipinski definition) is 17. The van der Waals surface area contributed by atoms with E-state index < -0.39 is 127 Å². The molecule has 2 rings (SSSR count). The molecule has 0 radical (unpaired) electrons. The Labute approximate surface area is 413 Å². The number of carboxylic acids is 2. The summed E-state index contributed by atoms with van der Waals surface area (Å²) in [5.41, 5.74) is 22.3. The lowest BCUT2D eigenvalue weighted by Gasteiger charge is -2.30. The summed E-state index contributed by atoms with van der Waals surface area (Å²) in [6.07, 6.45) is -0.0195. The Morgan fingerprint density at radius 2 is 1.31 bits per heavy atom. The molecule has 8 atom stereocenters. The molecule has 1 aromatic carbocycles. The van der Waals surface area contributed by atoms with E-state index in [9.17, 15) is 68.4 Å². The van der Waals surface area contributed by atoms with Gasteiger partial charge in [-0.2, -0.15) is 25.3 Å². The molecule has 0 aromatic heterocycles. The second-order valence-electron chi connectivity index (χ2n) is 16.0. The van der Waals surface area contributed by atoms with Crippen molar-refractivity contribution in [2.75, 3.05) is 44.3 Å². The maximum absolute atomic E-state index is 13.9. The van der Waals surface area contributed by atoms with Crippen molar-refractivity contribution in [3.63, 3.8) is 0 Å². The number of phenols is 1. The number of phenolic OH excluding ortho intramolecular Hbond substituents is 1. The third kappa shape index (κ3) is 20.7. The number of aliphatic imine (C=N–C) groups is 1. The molecule has 0 unspecified atom stereocenters. The summed E-state index contributed by atoms with van der Waals surface area (Å²) >= 11 is 8.12. The SMILES string of the molecule is NCCCC[C@H](NC(=O)[C@H](Cc1ccc(O)cc1)NC(=O)[C@H](CS)NC(=O)[C@@H]1CCCN1C(=O)[C@H](CO)NC(=O)[C@H](CC(=O)O)NC(=O)[C@H](CCCN=C(N)N)NC(=O)CNC(=O)[C@H](N)CS)C(=O)O. The van der Waals surface area contributed by atoms with Gasteiger partial charge in [-0.3, -0.25) is 48.1 Å². The Morgan fingerprint density at radius 3 is 1.90 bits per heavy atom. The molecule has 0 spiro atoms. The van der Waals surface area contributed by atoms with Crippen LogP contribution in [0.1, 0.15) is 56.9 Å². The number of carbonyl (C=O) groups is 10. The number of nitrogens with two attached hydrogens (primary N) is 4. The molecular formula is C41H65N13O14S2. The predicted molar refractivity (Wildman–Crippen MR) is 257 cm³/mol. The van der Waals surface area contributed by atoms with Crippen molar-refractivity contribution in [3.8, 4) is 5.75 Å². The summed E-state index contributed by atoms with van der Waals surface area (Å²) in [4.78, 5) is 135. The Hall–Kier alpha value is -6.43. The standard InChI is InChI=1S/C41H65N13O14S2/c42-12-2-1-5-25(40(67)68)49-35(62)26(15-21-8-10-22(56)11-9-21)50-37(64)29(20-70)53-38(65)30-7-4-14-54(30)39(66)28(18-55)52-36(63)27(16-32(58)59)51-34(61)24(6-3-13-46-41(44)45)48-31(57)17-47-33(60)23(43)19-69/h8-11,23-30,55-56,69-70H,1-7,12-20,42-43H2,(H,47,60)(H,48,57)(H,49,62)(H,50,64)(H,51,61)(H,52,63)(H,53,65)(H,58,59)(H,67,68)(H4,44,45,46)/t23-,24+,25+,26+,27+,28+,29+,30+/m1/s1. The number of aliphatic hydroxyl groups excluding tert-OH is 1. The van der Waals surface area contributed by atoms with Crippen LogP contribution in [0.3, 0.4) is 0 Å². The number of carbonyl (C=O) groups excluding carboxylic acids is 8. The van der Waals surface area contributed by atoms with Crippen LogP contribution in [0.2, 0.25) is 0 Å². The highest BCUT2D eigenvalue weighted by molar-refractivity contribution is 7.80. The number of aliphatic hydroxyl groups is 1. The van der Waals surface area contributed by atoms with E-state index in [0.717, 1.165) is 4.90 Å². The first-order valence-electron chi connectivity index (χ1n) is 22.1. The number of guanidine groups is 1. The van der Waals surface area contributed by atoms with Crippen molar-refractivity contribution < 1.29 is 68.4 Å². The average Bonchev–Trinajstić information content (AvgIpc) is 3.82. The van der Waals surface area contributed by atoms with Crippen LogP contribution in [0, 0.1) is 0 Å². The van der Waals surface area contributed by atoms with Crippen molar-refractivity contribution in [2.24, 2.45) is 27.9 Å². The average molecular weight is 1030 g/mol. The topological polar surface area (TPSA) is 456 Å². The van der Waals surface area contributed by atoms with Gasteiger partial charge in [0, 0.05) is 31.0 Å². The van der Waals surface area contributed by atoms with Gasteiger partial charge < -0.3 is 85.5 Å². The smallest absolute Gasteiger partial charge is 0.326 e. The summed E-state index contributed by atoms with van der Waals surface area (Å²) in [5, 5.41) is 55.9. The van der Waals surface area contributed by atoms with Gasteiger partial charge in [-0.15, -0.1) is 0 Å². The van der Waals surface area contributed by atoms with Crippen molar-refractivity contribution >= 4 is 90.4 Å². The Kier molecular flexibility index (Phi) is 26.4. The fourth-order valence-corrected chi connectivity index (χ4v) is 7.27. The molecule has 0 aliphatic carbocycles. The highest BCUT2D eigenvalue weighted by atomic mass is 32.1. The minimum Gasteiger partial charge on any atom is -0.508 e. The lowest BCUT2D eigenvalue weighted by molar-refractivity contribution is -0.144. The zero-order valence-electron chi connectivity index (χ0n) is 38.2. The number of likely N-dealkylation sites (tertiary alicyclic amines) is 1. The number of carboxylic acid groups (broad SMARTS) is 2. The van der Waals surface area contributed by atoms with Crippen LogP contribution in [0.5, 0.6) is 5.75 Å². The van der Waals surface area contributed by atoms with Crippen LogP contribution in [0.4, 0.5) is 0 Å². The summed E-state index contributed by atoms with van der Waals surface area (Å²) in [7, 11) is 0. The minimum atomic E-state index is -1.89. The minimum absolute atomic E-state index is 0.00119. The largest absolute Gasteiger partial charge is 0.508 e. The van der Waals surface area contributed by atoms with Crippen molar-refractivity contribution in [2.45, 2.75) is 106 Å². The number of nitrogens with zero attached hydrogens (tertiary/aromatic N) is 2. The van der Waals surface area contributed by atoms with Crippen molar-refractivity contribution in [1.82, 2.24) is 42.1 Å². The van der Waals surface area contributed by atoms with E-state index in [0.29, 0.717) is 24.9 Å². The molecule has 1 saturated heterocycles. The number of hydrogen-bond donors (Lipinski definition) is 17. The molecule has 1 aromatic rings. The van der Waals surface area contributed by atoms with Gasteiger partial charge in [0.05, 0.1) is 25.6 Å². The molecule has 1 aliphatic rings. The van der Waals surface area contributed by atoms with E-state index in [1.807, 2.05) is 0 Å². The summed E-state index contributed by atoms with van der Waals surface area (Å²) < 4.78 is 0. The van der Waals surface area contributed by atoms with Crippen molar-refractivity contribution in [3.05, 3.63) is 29.8 Å². The lowest BCUT2D eigenvalue weighted by Crippen LogP contribution is -2.61. The van der Waals surface area contributed by atoms with Gasteiger partial charge in [-0.25, -0.2) is 4.79 Å². The molecule has 390 valence electrons. The molecule has 8 amide bonds. The van der Waals surface area contributed by atoms with Crippen LogP contribution in [0.15, 0.2) is 29.3 Å². The molecule has 1 aliphatic heterocycles. The maximum atomic E-state index is 13.9. The van der Waals surface area contributed by atoms with Crippen molar-refractivity contribution in [1.29, 1.82) is 0 Å². The fraction of sp³-hybridized carbons (Fsp3) is 0.585. The summed E-state index contributed by atoms with van der Waals surface area (Å²) in [6.45, 7) is -1.44. The van der Waals surface area contributed by atoms with Crippen LogP contribution in [-0.4, -0.2) is 183 Å². The third-order valence-electron chi connectivity index (χ3n) is 10.6. The highest BCUT2D eigenvalue weighted by Gasteiger charge is 2.40. The predicted octanol–water partition coefficient (Wildman–Crippen LogP) is -6.13. The van der Waals surface area contributed by atoms with E-state index in [1.165, 1.54) is 24.3 Å². The number of aliphatic carboxylic acids is 2. The summed E-state index contributed by atoms with van der Waals surface area (Å²) in [6, 6.07) is -5.89. The Morgan fingerprint density at radius 1 is 0.729 bits per heavy atom. The molecular weight excluding hydrogens is 963 g/mol. The molecule has 1 heterocycles. The number of aromatic hydroxyl groups is 1. The molecule has 1 fully saturated rings. The van der Waals surface area contributed by atoms with Crippen LogP contribution in [0.25, 0.3) is 0 Å². The van der Waals surface area contributed by atoms with Gasteiger partial charge in [0.1, 0.15) is 48.0 Å². The number of benzene rings is 1. The highest BCUT2D eigenvalue weighted by Crippen LogP contribution is 2.20. The molecule has 0 bridgehead atoms. The molecule has 29 heteroatoms. The lowest BCUT2D eigenvalue weighted by atomic mass is 10.0. The zero-order chi connectivity index (χ0) is 52.5. The fourth-order valence-electron chi connectivity index (χ4n) is 6.85. The Balaban J connectivity index is 2.24. The van der Waals surface area contributed by atoms with Gasteiger partial charge in [0.15, 0.2) is 5.96 Å². The van der Waals surface area contributed by atoms with E-state index >= 15 is 0 Å². The van der Waals surface area contributed by atoms with Gasteiger partial charge >= 0.3 is 11.9 Å². The number of thiol groups is 2. The zero-order valence-corrected chi connectivity index (χ0v) is 40.0. The first kappa shape index (κ1) is 59.7. The van der Waals surface area contributed by atoms with Gasteiger partial charge in [-0.05, 0) is 69.2 Å². The van der Waals surface area contributed by atoms with E-state index in [1.54, 1.807) is 0 Å². The van der Waals surface area contributed by atoms with Gasteiger partial charge in [0.2, 0.25) is 47.3 Å². The van der Waals surface area contributed by atoms with E-state index in [4.69, 9.17) is 22.9 Å². The number of nitrogens with one attached hydrogen (secondary N) is 7. The number of unbranched alkanes of at least 4 members (excludes halogenated alkanes) is 1. The van der Waals surface area contributed by atoms with Crippen LogP contribution >= 0.6 is 25.3 Å². The normalized spacial score (nSPS) is 16.1. The first-order chi connectivity index (χ1) is 33.1. The maximum Gasteiger partial charge on any atom is 0.326 e. The van der Waals surface area contributed by atoms with Crippen LogP contribution in [-0.2, 0) is 54.4 Å². The molecule has 27 nitrogen and oxygen atoms in total. The van der Waals surface area contributed by atoms with E-state index in [2.05, 4.69) is 67.5 Å². The monoisotopic (exact) mass is 1030 g/mol. The van der Waals surface area contributed by atoms with E-state index in [-0.39, 0.29) is 74.8 Å². The summed E-state index contributed by atoms with van der Waals surface area (Å²) in [5.74, 6) is -11.1. The quantitative estimate of drug-likeness (QED) is 0.0142. The molecule has 19 N–H and O–H groups in total. The van der Waals surface area contributed by atoms with Gasteiger partial charge in [-0.1, -0.05) is 12.1 Å². The molecule has 70 heavy (non-hydrogen) atoms. The second kappa shape index (κ2) is 30.9. The number of amides is 8. The second-order valence-corrected chi connectivity index (χ2v) is 16.8.